The number of hydrogen-bond donors (Lipinski definition) is 2. The molecule has 0 spiro atoms. The normalized spacial score (nSPS) is 14.6. The lowest BCUT2D eigenvalue weighted by molar-refractivity contribution is 0.394. The fraction of sp³-hybridized carbons (Fsp3) is 0.538. The van der Waals surface area contributed by atoms with Crippen LogP contribution in [0, 0.1) is 5.92 Å². The lowest BCUT2D eigenvalue weighted by Crippen LogP contribution is -2.29. The van der Waals surface area contributed by atoms with Gasteiger partial charge in [-0.2, -0.15) is 0 Å². The SMILES string of the molecule is CCCC(C)CC(NN)c1cccc(Br)c1Cl. The van der Waals surface area contributed by atoms with E-state index in [0.717, 1.165) is 21.5 Å². The molecule has 0 aliphatic rings. The van der Waals surface area contributed by atoms with Gasteiger partial charge in [-0.05, 0) is 39.9 Å². The van der Waals surface area contributed by atoms with Gasteiger partial charge < -0.3 is 0 Å². The smallest absolute Gasteiger partial charge is 0.0596 e. The average Bonchev–Trinajstić information content (AvgIpc) is 2.30. The molecule has 0 saturated carbocycles. The van der Waals surface area contributed by atoms with E-state index in [9.17, 15) is 0 Å². The first-order valence-electron chi connectivity index (χ1n) is 6.00. The van der Waals surface area contributed by atoms with E-state index >= 15 is 0 Å². The van der Waals surface area contributed by atoms with Gasteiger partial charge in [-0.3, -0.25) is 11.3 Å². The summed E-state index contributed by atoms with van der Waals surface area (Å²) >= 11 is 9.72. The summed E-state index contributed by atoms with van der Waals surface area (Å²) in [6, 6.07) is 6.06. The number of benzene rings is 1. The quantitative estimate of drug-likeness (QED) is 0.601. The average molecular weight is 320 g/mol. The predicted molar refractivity (Wildman–Crippen MR) is 77.9 cm³/mol. The van der Waals surface area contributed by atoms with Gasteiger partial charge in [0.05, 0.1) is 5.02 Å². The fourth-order valence-corrected chi connectivity index (χ4v) is 2.73. The van der Waals surface area contributed by atoms with Crippen molar-refractivity contribution in [1.82, 2.24) is 5.43 Å². The molecule has 96 valence electrons. The Kier molecular flexibility index (Phi) is 6.49. The second-order valence-corrected chi connectivity index (χ2v) is 5.72. The van der Waals surface area contributed by atoms with Crippen LogP contribution in [0.4, 0.5) is 0 Å². The molecule has 3 N–H and O–H groups in total. The topological polar surface area (TPSA) is 38.0 Å². The van der Waals surface area contributed by atoms with Crippen LogP contribution in [0.25, 0.3) is 0 Å². The van der Waals surface area contributed by atoms with Crippen LogP contribution in [-0.4, -0.2) is 0 Å². The van der Waals surface area contributed by atoms with Crippen molar-refractivity contribution >= 4 is 27.5 Å². The minimum Gasteiger partial charge on any atom is -0.271 e. The molecule has 0 fully saturated rings. The lowest BCUT2D eigenvalue weighted by atomic mass is 9.93. The van der Waals surface area contributed by atoms with E-state index in [1.54, 1.807) is 0 Å². The van der Waals surface area contributed by atoms with Crippen LogP contribution in [0.1, 0.15) is 44.7 Å². The van der Waals surface area contributed by atoms with Crippen LogP contribution in [0.15, 0.2) is 22.7 Å². The van der Waals surface area contributed by atoms with Gasteiger partial charge in [0.2, 0.25) is 0 Å². The van der Waals surface area contributed by atoms with Crippen molar-refractivity contribution in [1.29, 1.82) is 0 Å². The number of nitrogens with one attached hydrogen (secondary N) is 1. The summed E-state index contributed by atoms with van der Waals surface area (Å²) in [6.07, 6.45) is 3.41. The van der Waals surface area contributed by atoms with Gasteiger partial charge in [-0.25, -0.2) is 0 Å². The summed E-state index contributed by atoms with van der Waals surface area (Å²) in [7, 11) is 0. The zero-order chi connectivity index (χ0) is 12.8. The molecule has 2 nitrogen and oxygen atoms in total. The van der Waals surface area contributed by atoms with Crippen LogP contribution in [0.3, 0.4) is 0 Å². The highest BCUT2D eigenvalue weighted by atomic mass is 79.9. The second kappa shape index (κ2) is 7.37. The predicted octanol–water partition coefficient (Wildman–Crippen LogP) is 4.43. The Morgan fingerprint density at radius 2 is 2.18 bits per heavy atom. The number of hydrazine groups is 1. The Hall–Kier alpha value is -0.0900. The highest BCUT2D eigenvalue weighted by Crippen LogP contribution is 2.33. The number of nitrogens with two attached hydrogens (primary N) is 1. The molecule has 2 unspecified atom stereocenters. The van der Waals surface area contributed by atoms with E-state index in [1.807, 2.05) is 18.2 Å². The molecule has 1 aromatic carbocycles. The van der Waals surface area contributed by atoms with Crippen molar-refractivity contribution in [2.45, 2.75) is 39.2 Å². The van der Waals surface area contributed by atoms with Crippen LogP contribution in [0.2, 0.25) is 5.02 Å². The van der Waals surface area contributed by atoms with Crippen molar-refractivity contribution in [3.8, 4) is 0 Å². The molecule has 0 aliphatic heterocycles. The largest absolute Gasteiger partial charge is 0.271 e. The molecule has 17 heavy (non-hydrogen) atoms. The standard InChI is InChI=1S/C13H20BrClN2/c1-3-5-9(2)8-12(17-16)10-6-4-7-11(14)13(10)15/h4,6-7,9,12,17H,3,5,8,16H2,1-2H3. The molecule has 0 aromatic heterocycles. The summed E-state index contributed by atoms with van der Waals surface area (Å²) in [5.41, 5.74) is 3.93. The van der Waals surface area contributed by atoms with Crippen LogP contribution >= 0.6 is 27.5 Å². The van der Waals surface area contributed by atoms with Gasteiger partial charge in [0.15, 0.2) is 0 Å². The van der Waals surface area contributed by atoms with Gasteiger partial charge in [0.1, 0.15) is 0 Å². The molecule has 0 aliphatic carbocycles. The number of halogens is 2. The Balaban J connectivity index is 2.82. The van der Waals surface area contributed by atoms with Gasteiger partial charge in [0, 0.05) is 10.5 Å². The van der Waals surface area contributed by atoms with E-state index in [-0.39, 0.29) is 6.04 Å². The summed E-state index contributed by atoms with van der Waals surface area (Å²) in [4.78, 5) is 0. The lowest BCUT2D eigenvalue weighted by Gasteiger charge is -2.21. The third kappa shape index (κ3) is 4.25. The summed E-state index contributed by atoms with van der Waals surface area (Å²) in [5.74, 6) is 6.28. The summed E-state index contributed by atoms with van der Waals surface area (Å²) in [6.45, 7) is 4.45. The molecule has 1 rings (SSSR count). The maximum Gasteiger partial charge on any atom is 0.0596 e. The van der Waals surface area contributed by atoms with E-state index in [4.69, 9.17) is 17.4 Å². The van der Waals surface area contributed by atoms with Gasteiger partial charge in [0.25, 0.3) is 0 Å². The molecule has 0 heterocycles. The highest BCUT2D eigenvalue weighted by molar-refractivity contribution is 9.10. The third-order valence-corrected chi connectivity index (χ3v) is 4.29. The molecule has 0 radical (unpaired) electrons. The highest BCUT2D eigenvalue weighted by Gasteiger charge is 2.17. The minimum absolute atomic E-state index is 0.113. The molecular formula is C13H20BrClN2. The van der Waals surface area contributed by atoms with Gasteiger partial charge in [-0.1, -0.05) is 50.4 Å². The summed E-state index contributed by atoms with van der Waals surface area (Å²) < 4.78 is 0.917. The minimum atomic E-state index is 0.113. The maximum absolute atomic E-state index is 6.28. The van der Waals surface area contributed by atoms with E-state index in [0.29, 0.717) is 5.92 Å². The van der Waals surface area contributed by atoms with E-state index in [2.05, 4.69) is 35.2 Å². The fourth-order valence-electron chi connectivity index (χ4n) is 2.09. The summed E-state index contributed by atoms with van der Waals surface area (Å²) in [5, 5.41) is 0.749. The van der Waals surface area contributed by atoms with Crippen molar-refractivity contribution in [3.05, 3.63) is 33.3 Å². The molecule has 1 aromatic rings. The van der Waals surface area contributed by atoms with Crippen molar-refractivity contribution in [3.63, 3.8) is 0 Å². The van der Waals surface area contributed by atoms with Crippen LogP contribution < -0.4 is 11.3 Å². The Bertz CT molecular complexity index is 357. The first-order valence-corrected chi connectivity index (χ1v) is 7.17. The zero-order valence-electron chi connectivity index (χ0n) is 10.3. The molecule has 4 heteroatoms. The van der Waals surface area contributed by atoms with Gasteiger partial charge >= 0.3 is 0 Å². The van der Waals surface area contributed by atoms with Crippen LogP contribution in [-0.2, 0) is 0 Å². The van der Waals surface area contributed by atoms with E-state index < -0.39 is 0 Å². The molecule has 2 atom stereocenters. The van der Waals surface area contributed by atoms with Crippen molar-refractivity contribution in [2.24, 2.45) is 11.8 Å². The van der Waals surface area contributed by atoms with Crippen LogP contribution in [0.5, 0.6) is 0 Å². The maximum atomic E-state index is 6.28. The van der Waals surface area contributed by atoms with E-state index in [1.165, 1.54) is 12.8 Å². The van der Waals surface area contributed by atoms with Crippen molar-refractivity contribution in [2.75, 3.05) is 0 Å². The zero-order valence-corrected chi connectivity index (χ0v) is 12.7. The second-order valence-electron chi connectivity index (χ2n) is 4.49. The molecule has 0 bridgehead atoms. The number of rotatable bonds is 6. The Labute approximate surface area is 117 Å². The first-order chi connectivity index (χ1) is 8.10. The third-order valence-electron chi connectivity index (χ3n) is 2.98. The molecule has 0 saturated heterocycles. The van der Waals surface area contributed by atoms with Crippen molar-refractivity contribution < 1.29 is 0 Å². The van der Waals surface area contributed by atoms with Gasteiger partial charge in [-0.15, -0.1) is 0 Å². The first kappa shape index (κ1) is 15.0. The number of hydrogen-bond acceptors (Lipinski definition) is 2. The monoisotopic (exact) mass is 318 g/mol. The Morgan fingerprint density at radius 1 is 1.47 bits per heavy atom. The molecular weight excluding hydrogens is 300 g/mol. The Morgan fingerprint density at radius 3 is 2.76 bits per heavy atom. The molecule has 0 amide bonds.